The van der Waals surface area contributed by atoms with E-state index in [1.807, 2.05) is 0 Å². The summed E-state index contributed by atoms with van der Waals surface area (Å²) in [5.74, 6) is -2.14. The SMILES string of the molecule is O=C(Nc1c(F)cc(Cl)c(Cl)c1F)N1[C@H]2CC[C@@H]1c1n[nH]c(=O)cc1C2. The van der Waals surface area contributed by atoms with E-state index in [2.05, 4.69) is 15.5 Å². The molecule has 2 bridgehead atoms. The molecule has 1 fully saturated rings. The van der Waals surface area contributed by atoms with Crippen molar-refractivity contribution >= 4 is 34.9 Å². The lowest BCUT2D eigenvalue weighted by Crippen LogP contribution is -2.45. The molecule has 26 heavy (non-hydrogen) atoms. The maximum Gasteiger partial charge on any atom is 0.322 e. The molecule has 1 aromatic carbocycles. The molecular formula is C16H12Cl2F2N4O2. The van der Waals surface area contributed by atoms with E-state index in [4.69, 9.17) is 23.2 Å². The molecule has 0 radical (unpaired) electrons. The van der Waals surface area contributed by atoms with Crippen molar-refractivity contribution in [1.82, 2.24) is 15.1 Å². The monoisotopic (exact) mass is 400 g/mol. The topological polar surface area (TPSA) is 78.1 Å². The number of halogens is 4. The summed E-state index contributed by atoms with van der Waals surface area (Å²) in [5.41, 5.74) is 0.436. The Morgan fingerprint density at radius 1 is 1.31 bits per heavy atom. The highest BCUT2D eigenvalue weighted by atomic mass is 35.5. The largest absolute Gasteiger partial charge is 0.322 e. The van der Waals surface area contributed by atoms with Crippen molar-refractivity contribution in [2.75, 3.05) is 5.32 Å². The van der Waals surface area contributed by atoms with Crippen LogP contribution in [0.4, 0.5) is 19.3 Å². The highest BCUT2D eigenvalue weighted by Crippen LogP contribution is 2.43. The smallest absolute Gasteiger partial charge is 0.313 e. The fraction of sp³-hybridized carbons (Fsp3) is 0.312. The Hall–Kier alpha value is -2.19. The predicted molar refractivity (Wildman–Crippen MR) is 91.6 cm³/mol. The van der Waals surface area contributed by atoms with E-state index in [1.165, 1.54) is 11.0 Å². The fourth-order valence-corrected chi connectivity index (χ4v) is 4.00. The van der Waals surface area contributed by atoms with Gasteiger partial charge in [0, 0.05) is 12.1 Å². The van der Waals surface area contributed by atoms with Gasteiger partial charge in [-0.15, -0.1) is 0 Å². The molecule has 10 heteroatoms. The second-order valence-corrected chi connectivity index (χ2v) is 7.06. The first kappa shape index (κ1) is 17.2. The van der Waals surface area contributed by atoms with Gasteiger partial charge in [0.1, 0.15) is 5.69 Å². The summed E-state index contributed by atoms with van der Waals surface area (Å²) in [7, 11) is 0. The molecule has 2 aromatic rings. The van der Waals surface area contributed by atoms with Gasteiger partial charge >= 0.3 is 6.03 Å². The molecule has 0 saturated carbocycles. The predicted octanol–water partition coefficient (Wildman–Crippen LogP) is 3.65. The number of anilines is 1. The van der Waals surface area contributed by atoms with Gasteiger partial charge in [-0.2, -0.15) is 5.10 Å². The molecule has 136 valence electrons. The lowest BCUT2D eigenvalue weighted by atomic mass is 9.99. The average Bonchev–Trinajstić information content (AvgIpc) is 2.92. The molecule has 2 N–H and O–H groups in total. The van der Waals surface area contributed by atoms with E-state index >= 15 is 0 Å². The number of rotatable bonds is 1. The van der Waals surface area contributed by atoms with Gasteiger partial charge in [0.2, 0.25) is 0 Å². The van der Waals surface area contributed by atoms with Crippen LogP contribution in [0.25, 0.3) is 0 Å². The van der Waals surface area contributed by atoms with Crippen molar-refractivity contribution in [3.63, 3.8) is 0 Å². The molecule has 3 heterocycles. The fourth-order valence-electron chi connectivity index (χ4n) is 3.67. The number of amides is 2. The van der Waals surface area contributed by atoms with Crippen LogP contribution in [-0.4, -0.2) is 27.2 Å². The van der Waals surface area contributed by atoms with Crippen molar-refractivity contribution in [2.24, 2.45) is 0 Å². The number of benzene rings is 1. The standard InChI is InChI=1S/C16H12Cl2F2N4O2/c17-8-5-9(19)15(13(20)12(8)18)21-16(26)24-7-1-2-10(24)14-6(3-7)4-11(25)22-23-14/h4-5,7,10H,1-3H2,(H,21,26)(H,22,25)/t7-,10+/m0/s1. The minimum Gasteiger partial charge on any atom is -0.313 e. The van der Waals surface area contributed by atoms with Gasteiger partial charge in [0.05, 0.1) is 21.8 Å². The van der Waals surface area contributed by atoms with Crippen molar-refractivity contribution in [3.05, 3.63) is 55.4 Å². The lowest BCUT2D eigenvalue weighted by molar-refractivity contribution is 0.177. The molecule has 1 aromatic heterocycles. The number of hydrogen-bond acceptors (Lipinski definition) is 3. The zero-order chi connectivity index (χ0) is 18.6. The summed E-state index contributed by atoms with van der Waals surface area (Å²) in [4.78, 5) is 25.7. The molecule has 0 aliphatic carbocycles. The number of H-pyrrole nitrogens is 1. The second kappa shape index (κ2) is 6.21. The summed E-state index contributed by atoms with van der Waals surface area (Å²) in [6.07, 6.45) is 1.81. The van der Waals surface area contributed by atoms with Gasteiger partial charge < -0.3 is 10.2 Å². The van der Waals surface area contributed by atoms with Gasteiger partial charge in [-0.1, -0.05) is 23.2 Å². The minimum atomic E-state index is -1.13. The number of aromatic nitrogens is 2. The van der Waals surface area contributed by atoms with Gasteiger partial charge in [-0.05, 0) is 30.9 Å². The Morgan fingerprint density at radius 2 is 2.08 bits per heavy atom. The van der Waals surface area contributed by atoms with Gasteiger partial charge in [0.25, 0.3) is 5.56 Å². The molecule has 0 unspecified atom stereocenters. The van der Waals surface area contributed by atoms with E-state index in [9.17, 15) is 18.4 Å². The summed E-state index contributed by atoms with van der Waals surface area (Å²) in [5, 5.41) is 7.93. The van der Waals surface area contributed by atoms with Crippen molar-refractivity contribution < 1.29 is 13.6 Å². The number of urea groups is 1. The number of hydrogen-bond donors (Lipinski definition) is 2. The number of carbonyl (C=O) groups is 1. The van der Waals surface area contributed by atoms with E-state index < -0.39 is 28.4 Å². The number of aromatic amines is 1. The molecule has 2 atom stereocenters. The van der Waals surface area contributed by atoms with Crippen molar-refractivity contribution in [3.8, 4) is 0 Å². The quantitative estimate of drug-likeness (QED) is 0.566. The zero-order valence-electron chi connectivity index (χ0n) is 13.2. The normalized spacial score (nSPS) is 20.8. The Bertz CT molecular complexity index is 981. The van der Waals surface area contributed by atoms with Crippen molar-refractivity contribution in [2.45, 2.75) is 31.3 Å². The number of fused-ring (bicyclic) bond motifs is 4. The molecule has 6 nitrogen and oxygen atoms in total. The first-order valence-electron chi connectivity index (χ1n) is 7.87. The highest BCUT2D eigenvalue weighted by Gasteiger charge is 2.44. The molecular weight excluding hydrogens is 389 g/mol. The van der Waals surface area contributed by atoms with Crippen LogP contribution in [0.2, 0.25) is 10.0 Å². The highest BCUT2D eigenvalue weighted by molar-refractivity contribution is 6.42. The Labute approximate surface area is 156 Å². The third-order valence-corrected chi connectivity index (χ3v) is 5.54. The van der Waals surface area contributed by atoms with E-state index in [0.717, 1.165) is 11.6 Å². The molecule has 2 amide bonds. The number of carbonyl (C=O) groups excluding carboxylic acids is 1. The van der Waals surface area contributed by atoms with Crippen LogP contribution in [-0.2, 0) is 6.42 Å². The van der Waals surface area contributed by atoms with E-state index in [1.54, 1.807) is 0 Å². The zero-order valence-corrected chi connectivity index (χ0v) is 14.7. The van der Waals surface area contributed by atoms with Crippen LogP contribution >= 0.6 is 23.2 Å². The molecule has 0 spiro atoms. The third kappa shape index (κ3) is 2.64. The van der Waals surface area contributed by atoms with Crippen molar-refractivity contribution in [1.29, 1.82) is 0 Å². The minimum absolute atomic E-state index is 0.176. The summed E-state index contributed by atoms with van der Waals surface area (Å²) >= 11 is 11.3. The summed E-state index contributed by atoms with van der Waals surface area (Å²) < 4.78 is 28.2. The maximum absolute atomic E-state index is 14.2. The van der Waals surface area contributed by atoms with Crippen LogP contribution in [0.5, 0.6) is 0 Å². The molecule has 2 aliphatic rings. The number of nitrogens with zero attached hydrogens (tertiary/aromatic N) is 2. The van der Waals surface area contributed by atoms with Crippen LogP contribution < -0.4 is 10.9 Å². The van der Waals surface area contributed by atoms with Gasteiger partial charge in [-0.25, -0.2) is 18.7 Å². The third-order valence-electron chi connectivity index (χ3n) is 4.78. The lowest BCUT2D eigenvalue weighted by Gasteiger charge is -2.35. The molecule has 1 saturated heterocycles. The Kier molecular flexibility index (Phi) is 4.11. The first-order valence-corrected chi connectivity index (χ1v) is 8.63. The second-order valence-electron chi connectivity index (χ2n) is 6.27. The summed E-state index contributed by atoms with van der Waals surface area (Å²) in [6.45, 7) is 0. The van der Waals surface area contributed by atoms with Gasteiger partial charge in [0.15, 0.2) is 11.6 Å². The van der Waals surface area contributed by atoms with Crippen LogP contribution in [0.15, 0.2) is 16.9 Å². The summed E-state index contributed by atoms with van der Waals surface area (Å²) in [6, 6.07) is 1.11. The van der Waals surface area contributed by atoms with E-state index in [-0.39, 0.29) is 22.7 Å². The van der Waals surface area contributed by atoms with E-state index in [0.29, 0.717) is 25.0 Å². The molecule has 4 rings (SSSR count). The van der Waals surface area contributed by atoms with Crippen LogP contribution in [0.3, 0.4) is 0 Å². The van der Waals surface area contributed by atoms with Crippen LogP contribution in [0.1, 0.15) is 30.1 Å². The maximum atomic E-state index is 14.2. The Balaban J connectivity index is 1.66. The average molecular weight is 401 g/mol. The van der Waals surface area contributed by atoms with Gasteiger partial charge in [-0.3, -0.25) is 4.79 Å². The first-order chi connectivity index (χ1) is 12.4. The molecule has 2 aliphatic heterocycles. The number of nitrogens with one attached hydrogen (secondary N) is 2. The Morgan fingerprint density at radius 3 is 2.85 bits per heavy atom. The van der Waals surface area contributed by atoms with Crippen LogP contribution in [0, 0.1) is 11.6 Å².